The molecule has 38 heavy (non-hydrogen) atoms. The maximum absolute atomic E-state index is 15.6. The summed E-state index contributed by atoms with van der Waals surface area (Å²) in [5.41, 5.74) is 1.28. The van der Waals surface area contributed by atoms with Gasteiger partial charge in [-0.05, 0) is 56.1 Å². The van der Waals surface area contributed by atoms with Gasteiger partial charge < -0.3 is 24.8 Å². The average Bonchev–Trinajstić information content (AvgIpc) is 3.35. The molecule has 1 saturated heterocycles. The number of H-pyrrole nitrogens is 1. The molecule has 204 valence electrons. The number of benzene rings is 1. The minimum Gasteiger partial charge on any atom is -0.494 e. The van der Waals surface area contributed by atoms with Gasteiger partial charge in [-0.25, -0.2) is 9.18 Å². The number of halogens is 1. The van der Waals surface area contributed by atoms with Crippen LogP contribution >= 0.6 is 0 Å². The van der Waals surface area contributed by atoms with E-state index in [1.807, 2.05) is 19.1 Å². The summed E-state index contributed by atoms with van der Waals surface area (Å²) in [4.78, 5) is 36.1. The number of nitrogens with one attached hydrogen (secondary N) is 1. The van der Waals surface area contributed by atoms with E-state index >= 15 is 4.39 Å². The van der Waals surface area contributed by atoms with Gasteiger partial charge in [-0.1, -0.05) is 25.2 Å². The largest absolute Gasteiger partial charge is 0.494 e. The van der Waals surface area contributed by atoms with E-state index in [9.17, 15) is 19.8 Å². The van der Waals surface area contributed by atoms with Gasteiger partial charge in [0.05, 0.1) is 19.8 Å². The first-order valence-electron chi connectivity index (χ1n) is 13.2. The van der Waals surface area contributed by atoms with Gasteiger partial charge in [0.15, 0.2) is 11.6 Å². The summed E-state index contributed by atoms with van der Waals surface area (Å²) in [5.74, 6) is -0.722. The second kappa shape index (κ2) is 10.2. The molecule has 0 bridgehead atoms. The summed E-state index contributed by atoms with van der Waals surface area (Å²) in [6.45, 7) is 5.96. The highest BCUT2D eigenvalue weighted by Crippen LogP contribution is 2.50. The molecule has 1 unspecified atom stereocenters. The molecule has 10 heteroatoms. The number of fused-ring (bicyclic) bond motifs is 4. The maximum atomic E-state index is 15.6. The van der Waals surface area contributed by atoms with Crippen molar-refractivity contribution in [2.75, 3.05) is 39.9 Å². The van der Waals surface area contributed by atoms with Crippen molar-refractivity contribution in [3.8, 4) is 5.75 Å². The highest BCUT2D eigenvalue weighted by molar-refractivity contribution is 6.08. The van der Waals surface area contributed by atoms with Crippen molar-refractivity contribution >= 4 is 22.8 Å². The standard InChI is InChI=1S/C28H35FN4O5/c1-4-31(13-14-34)11-6-12-32-26(36)28(2)16-19-22-20(9-10-21(38-3)23(22)29)30-24(19)25(33(28)27(32)37)17-7-5-8-18(35)15-17/h5,7,9-10,15,18,25,30,34-35H,4,6,8,11-14,16H2,1-3H3/t18?,25-,28+/m1/s1. The predicted molar refractivity (Wildman–Crippen MR) is 140 cm³/mol. The quantitative estimate of drug-likeness (QED) is 0.434. The van der Waals surface area contributed by atoms with E-state index in [1.165, 1.54) is 12.0 Å². The Bertz CT molecular complexity index is 1320. The third-order valence-corrected chi connectivity index (χ3v) is 8.06. The van der Waals surface area contributed by atoms with E-state index in [0.29, 0.717) is 53.7 Å². The molecule has 3 N–H and O–H groups in total. The van der Waals surface area contributed by atoms with Crippen molar-refractivity contribution in [2.45, 2.75) is 50.8 Å². The number of carbonyl (C=O) groups excluding carboxylic acids is 2. The SMILES string of the molecule is CCN(CCO)CCCN1C(=O)N2[C@H](C3=CC(O)CC=C3)c3[nH]c4ccc(OC)c(F)c4c3C[C@@]2(C)C1=O. The average molecular weight is 527 g/mol. The van der Waals surface area contributed by atoms with Crippen LogP contribution in [0, 0.1) is 5.82 Å². The number of amides is 3. The fourth-order valence-corrected chi connectivity index (χ4v) is 6.14. The predicted octanol–water partition coefficient (Wildman–Crippen LogP) is 2.89. The van der Waals surface area contributed by atoms with Crippen molar-refractivity contribution in [3.63, 3.8) is 0 Å². The van der Waals surface area contributed by atoms with Gasteiger partial charge in [0, 0.05) is 36.1 Å². The first kappa shape index (κ1) is 26.4. The molecule has 3 aliphatic rings. The number of aliphatic hydroxyl groups excluding tert-OH is 2. The van der Waals surface area contributed by atoms with Crippen LogP contribution in [0.25, 0.3) is 10.9 Å². The van der Waals surface area contributed by atoms with E-state index in [2.05, 4.69) is 9.88 Å². The summed E-state index contributed by atoms with van der Waals surface area (Å²) < 4.78 is 20.8. The fraction of sp³-hybridized carbons (Fsp3) is 0.500. The molecule has 1 aromatic carbocycles. The lowest BCUT2D eigenvalue weighted by Crippen LogP contribution is -2.53. The molecule has 0 spiro atoms. The van der Waals surface area contributed by atoms with Gasteiger partial charge in [-0.3, -0.25) is 14.6 Å². The number of aliphatic hydroxyl groups is 2. The first-order valence-corrected chi connectivity index (χ1v) is 13.2. The monoisotopic (exact) mass is 526 g/mol. The minimum absolute atomic E-state index is 0.0461. The molecule has 1 fully saturated rings. The molecular weight excluding hydrogens is 491 g/mol. The maximum Gasteiger partial charge on any atom is 0.328 e. The molecule has 3 heterocycles. The van der Waals surface area contributed by atoms with E-state index < -0.39 is 29.5 Å². The summed E-state index contributed by atoms with van der Waals surface area (Å²) >= 11 is 0. The Morgan fingerprint density at radius 3 is 2.76 bits per heavy atom. The number of nitrogens with zero attached hydrogens (tertiary/aromatic N) is 3. The second-order valence-electron chi connectivity index (χ2n) is 10.4. The Morgan fingerprint density at radius 1 is 1.29 bits per heavy atom. The topological polar surface area (TPSA) is 109 Å². The van der Waals surface area contributed by atoms with E-state index in [1.54, 1.807) is 30.0 Å². The Labute approximate surface area is 221 Å². The zero-order valence-corrected chi connectivity index (χ0v) is 22.0. The van der Waals surface area contributed by atoms with E-state index in [-0.39, 0.29) is 31.2 Å². The molecule has 2 aliphatic heterocycles. The summed E-state index contributed by atoms with van der Waals surface area (Å²) in [6.07, 6.45) is 5.87. The summed E-state index contributed by atoms with van der Waals surface area (Å²) in [7, 11) is 1.41. The van der Waals surface area contributed by atoms with Gasteiger partial charge >= 0.3 is 6.03 Å². The molecule has 5 rings (SSSR count). The number of ether oxygens (including phenoxy) is 1. The van der Waals surface area contributed by atoms with Crippen LogP contribution in [-0.4, -0.2) is 93.4 Å². The normalized spacial score (nSPS) is 24.9. The van der Waals surface area contributed by atoms with Gasteiger partial charge in [0.25, 0.3) is 5.91 Å². The molecule has 3 atom stereocenters. The number of likely N-dealkylation sites (N-methyl/N-ethyl adjacent to an activating group) is 1. The number of hydrogen-bond donors (Lipinski definition) is 3. The van der Waals surface area contributed by atoms with Crippen molar-refractivity contribution < 1.29 is 28.9 Å². The molecule has 1 aliphatic carbocycles. The Kier molecular flexibility index (Phi) is 7.06. The van der Waals surface area contributed by atoms with Gasteiger partial charge in [0.2, 0.25) is 0 Å². The Hall–Kier alpha value is -3.21. The van der Waals surface area contributed by atoms with Crippen LogP contribution in [0.2, 0.25) is 0 Å². The molecule has 3 amide bonds. The number of methoxy groups -OCH3 is 1. The lowest BCUT2D eigenvalue weighted by molar-refractivity contribution is -0.133. The lowest BCUT2D eigenvalue weighted by Gasteiger charge is -2.43. The highest BCUT2D eigenvalue weighted by Gasteiger charge is 2.60. The number of aromatic nitrogens is 1. The second-order valence-corrected chi connectivity index (χ2v) is 10.4. The van der Waals surface area contributed by atoms with Crippen molar-refractivity contribution in [1.29, 1.82) is 0 Å². The first-order chi connectivity index (χ1) is 18.2. The third kappa shape index (κ3) is 4.11. The van der Waals surface area contributed by atoms with Crippen molar-refractivity contribution in [2.24, 2.45) is 0 Å². The number of imide groups is 1. The van der Waals surface area contributed by atoms with Crippen LogP contribution in [0.5, 0.6) is 5.75 Å². The molecule has 9 nitrogen and oxygen atoms in total. The zero-order chi connectivity index (χ0) is 27.2. The zero-order valence-electron chi connectivity index (χ0n) is 22.0. The van der Waals surface area contributed by atoms with Gasteiger partial charge in [0.1, 0.15) is 11.6 Å². The van der Waals surface area contributed by atoms with E-state index in [4.69, 9.17) is 4.74 Å². The van der Waals surface area contributed by atoms with Crippen LogP contribution in [0.1, 0.15) is 44.0 Å². The van der Waals surface area contributed by atoms with Gasteiger partial charge in [-0.15, -0.1) is 0 Å². The van der Waals surface area contributed by atoms with Gasteiger partial charge in [-0.2, -0.15) is 0 Å². The Balaban J connectivity index is 1.58. The summed E-state index contributed by atoms with van der Waals surface area (Å²) in [6, 6.07) is 2.19. The van der Waals surface area contributed by atoms with Crippen LogP contribution < -0.4 is 4.74 Å². The van der Waals surface area contributed by atoms with E-state index in [0.717, 1.165) is 6.54 Å². The van der Waals surface area contributed by atoms with Crippen LogP contribution in [0.4, 0.5) is 9.18 Å². The number of hydrogen-bond acceptors (Lipinski definition) is 6. The van der Waals surface area contributed by atoms with Crippen molar-refractivity contribution in [3.05, 3.63) is 53.0 Å². The molecule has 0 radical (unpaired) electrons. The molecule has 1 aromatic heterocycles. The molecule has 2 aromatic rings. The number of rotatable bonds is 9. The smallest absolute Gasteiger partial charge is 0.328 e. The third-order valence-electron chi connectivity index (χ3n) is 8.06. The minimum atomic E-state index is -1.23. The molecular formula is C28H35FN4O5. The van der Waals surface area contributed by atoms with Crippen LogP contribution in [0.3, 0.4) is 0 Å². The fourth-order valence-electron chi connectivity index (χ4n) is 6.14. The highest BCUT2D eigenvalue weighted by atomic mass is 19.1. The lowest BCUT2D eigenvalue weighted by atomic mass is 9.80. The Morgan fingerprint density at radius 2 is 2.08 bits per heavy atom. The number of urea groups is 1. The van der Waals surface area contributed by atoms with Crippen LogP contribution in [0.15, 0.2) is 35.9 Å². The summed E-state index contributed by atoms with van der Waals surface area (Å²) in [5, 5.41) is 20.0. The molecule has 0 saturated carbocycles. The van der Waals surface area contributed by atoms with Crippen LogP contribution in [-0.2, 0) is 11.2 Å². The van der Waals surface area contributed by atoms with Crippen molar-refractivity contribution in [1.82, 2.24) is 19.7 Å². The number of aromatic amines is 1. The number of carbonyl (C=O) groups is 2.